The minimum absolute atomic E-state index is 0.0429. The second kappa shape index (κ2) is 8.49. The van der Waals surface area contributed by atoms with Gasteiger partial charge in [0.25, 0.3) is 5.91 Å². The summed E-state index contributed by atoms with van der Waals surface area (Å²) in [6.45, 7) is 4.02. The Morgan fingerprint density at radius 2 is 1.50 bits per heavy atom. The summed E-state index contributed by atoms with van der Waals surface area (Å²) in [5, 5.41) is 0. The first kappa shape index (κ1) is 19.8. The number of hydrogen-bond donors (Lipinski definition) is 0. The smallest absolute Gasteiger partial charge is 0.254 e. The van der Waals surface area contributed by atoms with Gasteiger partial charge in [0.15, 0.2) is 5.78 Å². The van der Waals surface area contributed by atoms with E-state index in [9.17, 15) is 14.0 Å². The molecule has 1 heterocycles. The summed E-state index contributed by atoms with van der Waals surface area (Å²) in [5.41, 5.74) is 3.74. The van der Waals surface area contributed by atoms with Crippen LogP contribution in [0.15, 0.2) is 72.8 Å². The number of ketones is 1. The van der Waals surface area contributed by atoms with E-state index in [-0.39, 0.29) is 11.7 Å². The van der Waals surface area contributed by atoms with Crippen molar-refractivity contribution >= 4 is 17.4 Å². The Morgan fingerprint density at radius 3 is 2.13 bits per heavy atom. The van der Waals surface area contributed by atoms with Gasteiger partial charge >= 0.3 is 0 Å². The molecule has 0 unspecified atom stereocenters. The lowest BCUT2D eigenvalue weighted by Crippen LogP contribution is -2.48. The van der Waals surface area contributed by atoms with Crippen molar-refractivity contribution in [2.24, 2.45) is 0 Å². The third kappa shape index (κ3) is 4.10. The summed E-state index contributed by atoms with van der Waals surface area (Å²) in [6.07, 6.45) is 0. The summed E-state index contributed by atoms with van der Waals surface area (Å²) >= 11 is 0. The van der Waals surface area contributed by atoms with Crippen molar-refractivity contribution in [1.29, 1.82) is 0 Å². The van der Waals surface area contributed by atoms with Crippen LogP contribution in [0.4, 0.5) is 10.1 Å². The SMILES string of the molecule is CC(=O)c1ccc(N2CCN(C(=O)c3cc(F)ccc3-c3ccccc3)CC2)cc1. The molecule has 0 bridgehead atoms. The molecule has 0 aromatic heterocycles. The number of piperazine rings is 1. The summed E-state index contributed by atoms with van der Waals surface area (Å²) in [7, 11) is 0. The Morgan fingerprint density at radius 1 is 0.833 bits per heavy atom. The van der Waals surface area contributed by atoms with Gasteiger partial charge in [0.05, 0.1) is 5.56 Å². The molecule has 1 aliphatic heterocycles. The minimum atomic E-state index is -0.415. The molecule has 5 heteroatoms. The lowest BCUT2D eigenvalue weighted by atomic mass is 9.98. The van der Waals surface area contributed by atoms with Crippen LogP contribution in [-0.4, -0.2) is 42.8 Å². The molecule has 1 fully saturated rings. The third-order valence-electron chi connectivity index (χ3n) is 5.50. The number of halogens is 1. The number of carbonyl (C=O) groups is 2. The molecule has 0 N–H and O–H groups in total. The van der Waals surface area contributed by atoms with Crippen molar-refractivity contribution in [3.8, 4) is 11.1 Å². The highest BCUT2D eigenvalue weighted by Crippen LogP contribution is 2.26. The molecule has 152 valence electrons. The highest BCUT2D eigenvalue weighted by atomic mass is 19.1. The van der Waals surface area contributed by atoms with E-state index in [0.717, 1.165) is 16.8 Å². The number of amides is 1. The number of rotatable bonds is 4. The molecule has 0 aliphatic carbocycles. The molecular weight excluding hydrogens is 379 g/mol. The second-order valence-electron chi connectivity index (χ2n) is 7.44. The van der Waals surface area contributed by atoms with Crippen molar-refractivity contribution in [3.63, 3.8) is 0 Å². The zero-order chi connectivity index (χ0) is 21.1. The first-order valence-corrected chi connectivity index (χ1v) is 10.0. The van der Waals surface area contributed by atoms with Gasteiger partial charge in [-0.15, -0.1) is 0 Å². The van der Waals surface area contributed by atoms with Gasteiger partial charge in [0.2, 0.25) is 0 Å². The van der Waals surface area contributed by atoms with Gasteiger partial charge < -0.3 is 9.80 Å². The molecule has 4 nitrogen and oxygen atoms in total. The molecule has 3 aromatic carbocycles. The predicted octanol–water partition coefficient (Wildman–Crippen LogP) is 4.66. The van der Waals surface area contributed by atoms with Gasteiger partial charge in [-0.05, 0) is 54.4 Å². The summed E-state index contributed by atoms with van der Waals surface area (Å²) < 4.78 is 14.0. The maximum Gasteiger partial charge on any atom is 0.254 e. The molecule has 4 rings (SSSR count). The first-order valence-electron chi connectivity index (χ1n) is 10.0. The van der Waals surface area contributed by atoms with Crippen LogP contribution >= 0.6 is 0 Å². The second-order valence-corrected chi connectivity index (χ2v) is 7.44. The van der Waals surface area contributed by atoms with Gasteiger partial charge in [-0.1, -0.05) is 36.4 Å². The van der Waals surface area contributed by atoms with E-state index in [4.69, 9.17) is 0 Å². The van der Waals surface area contributed by atoms with Gasteiger partial charge in [-0.25, -0.2) is 4.39 Å². The van der Waals surface area contributed by atoms with Crippen LogP contribution in [0, 0.1) is 5.82 Å². The molecule has 0 atom stereocenters. The number of benzene rings is 3. The van der Waals surface area contributed by atoms with Crippen LogP contribution in [0.2, 0.25) is 0 Å². The van der Waals surface area contributed by atoms with E-state index in [1.165, 1.54) is 12.1 Å². The Bertz CT molecular complexity index is 1060. The predicted molar refractivity (Wildman–Crippen MR) is 116 cm³/mol. The van der Waals surface area contributed by atoms with Crippen LogP contribution < -0.4 is 4.90 Å². The van der Waals surface area contributed by atoms with E-state index < -0.39 is 5.82 Å². The van der Waals surface area contributed by atoms with E-state index >= 15 is 0 Å². The third-order valence-corrected chi connectivity index (χ3v) is 5.50. The monoisotopic (exact) mass is 402 g/mol. The van der Waals surface area contributed by atoms with Crippen molar-refractivity contribution < 1.29 is 14.0 Å². The summed E-state index contributed by atoms with van der Waals surface area (Å²) in [5.74, 6) is -0.525. The van der Waals surface area contributed by atoms with Crippen LogP contribution in [0.1, 0.15) is 27.6 Å². The molecule has 3 aromatic rings. The first-order chi connectivity index (χ1) is 14.5. The molecule has 0 saturated carbocycles. The fraction of sp³-hybridized carbons (Fsp3) is 0.200. The Labute approximate surface area is 175 Å². The molecule has 0 spiro atoms. The Balaban J connectivity index is 1.50. The molecule has 30 heavy (non-hydrogen) atoms. The largest absolute Gasteiger partial charge is 0.368 e. The van der Waals surface area contributed by atoms with Crippen molar-refractivity contribution in [1.82, 2.24) is 4.90 Å². The van der Waals surface area contributed by atoms with E-state index in [2.05, 4.69) is 4.90 Å². The number of nitrogens with zero attached hydrogens (tertiary/aromatic N) is 2. The highest BCUT2D eigenvalue weighted by Gasteiger charge is 2.25. The zero-order valence-corrected chi connectivity index (χ0v) is 16.8. The average molecular weight is 402 g/mol. The standard InChI is InChI=1S/C25H23FN2O2/c1-18(29)19-7-10-22(11-8-19)27-13-15-28(16-14-27)25(30)24-17-21(26)9-12-23(24)20-5-3-2-4-6-20/h2-12,17H,13-16H2,1H3. The Hall–Kier alpha value is -3.47. The minimum Gasteiger partial charge on any atom is -0.368 e. The van der Waals surface area contributed by atoms with Gasteiger partial charge in [0.1, 0.15) is 5.82 Å². The quantitative estimate of drug-likeness (QED) is 0.596. The number of Topliss-reactive ketones (excluding diaryl/α,β-unsaturated/α-hetero) is 1. The average Bonchev–Trinajstić information content (AvgIpc) is 2.79. The Kier molecular flexibility index (Phi) is 5.61. The molecule has 1 saturated heterocycles. The van der Waals surface area contributed by atoms with Gasteiger partial charge in [-0.2, -0.15) is 0 Å². The van der Waals surface area contributed by atoms with Crippen molar-refractivity contribution in [3.05, 3.63) is 89.7 Å². The highest BCUT2D eigenvalue weighted by molar-refractivity contribution is 6.01. The van der Waals surface area contributed by atoms with Crippen LogP contribution in [0.3, 0.4) is 0 Å². The van der Waals surface area contributed by atoms with Crippen molar-refractivity contribution in [2.75, 3.05) is 31.1 Å². The molecule has 1 aliphatic rings. The number of anilines is 1. The van der Waals surface area contributed by atoms with Gasteiger partial charge in [-0.3, -0.25) is 9.59 Å². The fourth-order valence-electron chi connectivity index (χ4n) is 3.81. The number of hydrogen-bond acceptors (Lipinski definition) is 3. The molecule has 0 radical (unpaired) electrons. The van der Waals surface area contributed by atoms with E-state index in [1.807, 2.05) is 54.6 Å². The lowest BCUT2D eigenvalue weighted by Gasteiger charge is -2.36. The van der Waals surface area contributed by atoms with Gasteiger partial charge in [0, 0.05) is 37.4 Å². The van der Waals surface area contributed by atoms with Crippen LogP contribution in [0.5, 0.6) is 0 Å². The maximum atomic E-state index is 14.0. The number of carbonyl (C=O) groups excluding carboxylic acids is 2. The van der Waals surface area contributed by atoms with E-state index in [0.29, 0.717) is 37.3 Å². The normalized spacial score (nSPS) is 13.9. The van der Waals surface area contributed by atoms with Crippen LogP contribution in [-0.2, 0) is 0 Å². The van der Waals surface area contributed by atoms with Crippen molar-refractivity contribution in [2.45, 2.75) is 6.92 Å². The topological polar surface area (TPSA) is 40.6 Å². The lowest BCUT2D eigenvalue weighted by molar-refractivity contribution is 0.0747. The fourth-order valence-corrected chi connectivity index (χ4v) is 3.81. The zero-order valence-electron chi connectivity index (χ0n) is 16.8. The molecule has 1 amide bonds. The molecular formula is C25H23FN2O2. The summed E-state index contributed by atoms with van der Waals surface area (Å²) in [6, 6.07) is 21.5. The van der Waals surface area contributed by atoms with E-state index in [1.54, 1.807) is 17.9 Å². The summed E-state index contributed by atoms with van der Waals surface area (Å²) in [4.78, 5) is 28.6. The van der Waals surface area contributed by atoms with Crippen LogP contribution in [0.25, 0.3) is 11.1 Å². The maximum absolute atomic E-state index is 14.0.